The molecule has 0 aliphatic heterocycles. The first-order valence-corrected chi connectivity index (χ1v) is 8.13. The molecule has 0 heterocycles. The highest BCUT2D eigenvalue weighted by Gasteiger charge is 2.09. The van der Waals surface area contributed by atoms with E-state index in [0.717, 1.165) is 11.3 Å². The van der Waals surface area contributed by atoms with E-state index in [2.05, 4.69) is 43.5 Å². The second kappa shape index (κ2) is 7.82. The van der Waals surface area contributed by atoms with E-state index in [4.69, 9.17) is 0 Å². The van der Waals surface area contributed by atoms with E-state index in [1.165, 1.54) is 16.7 Å². The molecule has 0 saturated carbocycles. The molecule has 0 bridgehead atoms. The predicted molar refractivity (Wildman–Crippen MR) is 96.8 cm³/mol. The molecule has 1 amide bonds. The van der Waals surface area contributed by atoms with Gasteiger partial charge in [-0.25, -0.2) is 0 Å². The number of rotatable bonds is 6. The topological polar surface area (TPSA) is 41.1 Å². The highest BCUT2D eigenvalue weighted by Crippen LogP contribution is 2.21. The van der Waals surface area contributed by atoms with Crippen LogP contribution in [0.15, 0.2) is 42.5 Å². The Labute approximate surface area is 139 Å². The quantitative estimate of drug-likeness (QED) is 0.835. The van der Waals surface area contributed by atoms with Gasteiger partial charge in [-0.05, 0) is 44.4 Å². The molecular weight excluding hydrogens is 284 g/mol. The molecule has 122 valence electrons. The molecule has 0 aromatic heterocycles. The van der Waals surface area contributed by atoms with Gasteiger partial charge in [-0.3, -0.25) is 4.79 Å². The van der Waals surface area contributed by atoms with Gasteiger partial charge >= 0.3 is 0 Å². The summed E-state index contributed by atoms with van der Waals surface area (Å²) in [5, 5.41) is 6.43. The summed E-state index contributed by atoms with van der Waals surface area (Å²) in [6.07, 6.45) is 0.462. The van der Waals surface area contributed by atoms with Crippen molar-refractivity contribution in [2.45, 2.75) is 40.2 Å². The lowest BCUT2D eigenvalue weighted by atomic mass is 10.1. The molecule has 2 aromatic rings. The van der Waals surface area contributed by atoms with Gasteiger partial charge in [0.1, 0.15) is 0 Å². The summed E-state index contributed by atoms with van der Waals surface area (Å²) >= 11 is 0. The molecule has 2 aromatic carbocycles. The number of carbonyl (C=O) groups excluding carboxylic acids is 1. The van der Waals surface area contributed by atoms with E-state index in [-0.39, 0.29) is 11.9 Å². The van der Waals surface area contributed by atoms with Crippen molar-refractivity contribution in [1.29, 1.82) is 0 Å². The van der Waals surface area contributed by atoms with Crippen molar-refractivity contribution < 1.29 is 4.79 Å². The Kier molecular flexibility index (Phi) is 5.80. The summed E-state index contributed by atoms with van der Waals surface area (Å²) in [5.74, 6) is 0.0660. The minimum Gasteiger partial charge on any atom is -0.384 e. The Morgan fingerprint density at radius 1 is 1.04 bits per heavy atom. The molecule has 0 aliphatic rings. The number of amides is 1. The average Bonchev–Trinajstić information content (AvgIpc) is 2.50. The van der Waals surface area contributed by atoms with E-state index in [9.17, 15) is 4.79 Å². The molecule has 2 rings (SSSR count). The van der Waals surface area contributed by atoms with Gasteiger partial charge in [0.05, 0.1) is 6.04 Å². The van der Waals surface area contributed by atoms with Gasteiger partial charge in [0, 0.05) is 18.7 Å². The zero-order chi connectivity index (χ0) is 16.8. The fraction of sp³-hybridized carbons (Fsp3) is 0.350. The van der Waals surface area contributed by atoms with Crippen LogP contribution in [0.5, 0.6) is 0 Å². The lowest BCUT2D eigenvalue weighted by Crippen LogP contribution is -2.28. The van der Waals surface area contributed by atoms with Crippen LogP contribution in [0, 0.1) is 20.8 Å². The van der Waals surface area contributed by atoms with Crippen LogP contribution in [0.1, 0.15) is 41.6 Å². The monoisotopic (exact) mass is 310 g/mol. The molecule has 1 atom stereocenters. The summed E-state index contributed by atoms with van der Waals surface area (Å²) in [4.78, 5) is 12.1. The van der Waals surface area contributed by atoms with Crippen LogP contribution in [0.4, 0.5) is 5.69 Å². The molecule has 0 spiro atoms. The van der Waals surface area contributed by atoms with Gasteiger partial charge in [-0.2, -0.15) is 0 Å². The molecule has 2 N–H and O–H groups in total. The lowest BCUT2D eigenvalue weighted by molar-refractivity contribution is -0.121. The zero-order valence-electron chi connectivity index (χ0n) is 14.4. The normalized spacial score (nSPS) is 11.8. The Morgan fingerprint density at radius 2 is 1.65 bits per heavy atom. The number of aryl methyl sites for hydroxylation is 3. The maximum atomic E-state index is 12.1. The van der Waals surface area contributed by atoms with Crippen molar-refractivity contribution in [2.75, 3.05) is 11.9 Å². The third kappa shape index (κ3) is 4.85. The van der Waals surface area contributed by atoms with Gasteiger partial charge < -0.3 is 10.6 Å². The molecular formula is C20H26N2O. The fourth-order valence-corrected chi connectivity index (χ4v) is 2.90. The van der Waals surface area contributed by atoms with Crippen LogP contribution in [0.3, 0.4) is 0 Å². The summed E-state index contributed by atoms with van der Waals surface area (Å²) < 4.78 is 0. The molecule has 0 radical (unpaired) electrons. The number of nitrogens with one attached hydrogen (secondary N) is 2. The van der Waals surface area contributed by atoms with E-state index >= 15 is 0 Å². The molecule has 0 fully saturated rings. The third-order valence-corrected chi connectivity index (χ3v) is 4.01. The van der Waals surface area contributed by atoms with E-state index in [1.807, 2.05) is 37.3 Å². The van der Waals surface area contributed by atoms with Crippen LogP contribution in [-0.2, 0) is 4.79 Å². The smallest absolute Gasteiger partial charge is 0.222 e. The van der Waals surface area contributed by atoms with E-state index < -0.39 is 0 Å². The van der Waals surface area contributed by atoms with Gasteiger partial charge in [-0.1, -0.05) is 48.0 Å². The van der Waals surface area contributed by atoms with Gasteiger partial charge in [0.15, 0.2) is 0 Å². The Hall–Kier alpha value is -2.29. The minimum absolute atomic E-state index is 0.0338. The van der Waals surface area contributed by atoms with Crippen molar-refractivity contribution in [3.8, 4) is 0 Å². The van der Waals surface area contributed by atoms with Gasteiger partial charge in [0.25, 0.3) is 0 Å². The predicted octanol–water partition coefficient (Wildman–Crippen LogP) is 4.29. The Bertz CT molecular complexity index is 642. The standard InChI is InChI=1S/C20H26N2O/c1-14-12-15(2)20(16(3)13-14)21-11-10-19(23)22-17(4)18-8-6-5-7-9-18/h5-9,12-13,17,21H,10-11H2,1-4H3,(H,22,23). The van der Waals surface area contributed by atoms with Crippen LogP contribution in [0.25, 0.3) is 0 Å². The van der Waals surface area contributed by atoms with Crippen molar-refractivity contribution >= 4 is 11.6 Å². The third-order valence-electron chi connectivity index (χ3n) is 4.01. The van der Waals surface area contributed by atoms with Crippen molar-refractivity contribution in [3.05, 3.63) is 64.7 Å². The highest BCUT2D eigenvalue weighted by molar-refractivity contribution is 5.77. The van der Waals surface area contributed by atoms with Crippen LogP contribution in [-0.4, -0.2) is 12.5 Å². The number of hydrogen-bond acceptors (Lipinski definition) is 2. The highest BCUT2D eigenvalue weighted by atomic mass is 16.1. The van der Waals surface area contributed by atoms with Crippen LogP contribution in [0.2, 0.25) is 0 Å². The molecule has 3 heteroatoms. The van der Waals surface area contributed by atoms with Gasteiger partial charge in [-0.15, -0.1) is 0 Å². The first kappa shape index (κ1) is 17.1. The molecule has 1 unspecified atom stereocenters. The van der Waals surface area contributed by atoms with E-state index in [1.54, 1.807) is 0 Å². The van der Waals surface area contributed by atoms with E-state index in [0.29, 0.717) is 13.0 Å². The second-order valence-corrected chi connectivity index (χ2v) is 6.15. The Morgan fingerprint density at radius 3 is 2.26 bits per heavy atom. The number of anilines is 1. The van der Waals surface area contributed by atoms with Gasteiger partial charge in [0.2, 0.25) is 5.91 Å². The fourth-order valence-electron chi connectivity index (χ4n) is 2.90. The molecule has 0 aliphatic carbocycles. The first-order valence-electron chi connectivity index (χ1n) is 8.13. The first-order chi connectivity index (χ1) is 11.0. The molecule has 3 nitrogen and oxygen atoms in total. The van der Waals surface area contributed by atoms with Crippen LogP contribution >= 0.6 is 0 Å². The Balaban J connectivity index is 1.84. The summed E-state index contributed by atoms with van der Waals surface area (Å²) in [5.41, 5.74) is 5.97. The summed E-state index contributed by atoms with van der Waals surface area (Å²) in [7, 11) is 0. The maximum Gasteiger partial charge on any atom is 0.222 e. The average molecular weight is 310 g/mol. The van der Waals surface area contributed by atoms with Crippen molar-refractivity contribution in [2.24, 2.45) is 0 Å². The number of benzene rings is 2. The largest absolute Gasteiger partial charge is 0.384 e. The summed E-state index contributed by atoms with van der Waals surface area (Å²) in [6, 6.07) is 14.4. The van der Waals surface area contributed by atoms with Crippen molar-refractivity contribution in [3.63, 3.8) is 0 Å². The van der Waals surface area contributed by atoms with Crippen molar-refractivity contribution in [1.82, 2.24) is 5.32 Å². The number of carbonyl (C=O) groups is 1. The zero-order valence-corrected chi connectivity index (χ0v) is 14.4. The molecule has 23 heavy (non-hydrogen) atoms. The summed E-state index contributed by atoms with van der Waals surface area (Å²) in [6.45, 7) is 8.94. The lowest BCUT2D eigenvalue weighted by Gasteiger charge is -2.16. The molecule has 0 saturated heterocycles. The van der Waals surface area contributed by atoms with Crippen LogP contribution < -0.4 is 10.6 Å². The minimum atomic E-state index is 0.0338. The number of hydrogen-bond donors (Lipinski definition) is 2. The second-order valence-electron chi connectivity index (χ2n) is 6.15. The maximum absolute atomic E-state index is 12.1. The SMILES string of the molecule is Cc1cc(C)c(NCCC(=O)NC(C)c2ccccc2)c(C)c1.